The molecule has 2 nitrogen and oxygen atoms in total. The van der Waals surface area contributed by atoms with Gasteiger partial charge in [-0.2, -0.15) is 0 Å². The maximum absolute atomic E-state index is 13.6. The zero-order valence-corrected chi connectivity index (χ0v) is 12.2. The summed E-state index contributed by atoms with van der Waals surface area (Å²) < 4.78 is 19.1. The molecule has 1 rings (SSSR count). The van der Waals surface area contributed by atoms with Crippen molar-refractivity contribution in [3.8, 4) is 5.75 Å². The molecule has 0 unspecified atom stereocenters. The highest BCUT2D eigenvalue weighted by atomic mass is 19.1. The number of rotatable bonds is 10. The SMILES string of the molecule is CCCNCCCCCCOc1cccc(C)c1F. The molecule has 19 heavy (non-hydrogen) atoms. The van der Waals surface area contributed by atoms with Crippen LogP contribution in [0.25, 0.3) is 0 Å². The van der Waals surface area contributed by atoms with E-state index in [1.165, 1.54) is 19.3 Å². The van der Waals surface area contributed by atoms with Gasteiger partial charge in [-0.05, 0) is 50.9 Å². The predicted molar refractivity (Wildman–Crippen MR) is 78.3 cm³/mol. The molecule has 0 aliphatic rings. The van der Waals surface area contributed by atoms with Crippen LogP contribution in [0.2, 0.25) is 0 Å². The van der Waals surface area contributed by atoms with E-state index in [0.717, 1.165) is 25.9 Å². The molecule has 108 valence electrons. The fourth-order valence-corrected chi connectivity index (χ4v) is 1.92. The van der Waals surface area contributed by atoms with Crippen LogP contribution < -0.4 is 10.1 Å². The topological polar surface area (TPSA) is 21.3 Å². The Morgan fingerprint density at radius 2 is 1.89 bits per heavy atom. The van der Waals surface area contributed by atoms with E-state index in [-0.39, 0.29) is 5.82 Å². The van der Waals surface area contributed by atoms with E-state index in [1.807, 2.05) is 6.07 Å². The van der Waals surface area contributed by atoms with Crippen LogP contribution in [0.1, 0.15) is 44.6 Å². The molecule has 1 aromatic carbocycles. The van der Waals surface area contributed by atoms with E-state index in [1.54, 1.807) is 19.1 Å². The van der Waals surface area contributed by atoms with Crippen molar-refractivity contribution in [3.63, 3.8) is 0 Å². The minimum absolute atomic E-state index is 0.230. The van der Waals surface area contributed by atoms with Gasteiger partial charge in [0.2, 0.25) is 0 Å². The first-order valence-corrected chi connectivity index (χ1v) is 7.34. The lowest BCUT2D eigenvalue weighted by Gasteiger charge is -2.08. The molecular weight excluding hydrogens is 241 g/mol. The Kier molecular flexibility index (Phi) is 8.23. The summed E-state index contributed by atoms with van der Waals surface area (Å²) in [5.41, 5.74) is 0.638. The molecular formula is C16H26FNO. The average Bonchev–Trinajstić information content (AvgIpc) is 2.41. The van der Waals surface area contributed by atoms with Gasteiger partial charge in [-0.1, -0.05) is 31.9 Å². The van der Waals surface area contributed by atoms with Gasteiger partial charge in [0, 0.05) is 0 Å². The van der Waals surface area contributed by atoms with Crippen LogP contribution >= 0.6 is 0 Å². The van der Waals surface area contributed by atoms with Gasteiger partial charge < -0.3 is 10.1 Å². The lowest BCUT2D eigenvalue weighted by atomic mass is 10.2. The second kappa shape index (κ2) is 9.79. The molecule has 3 heteroatoms. The maximum atomic E-state index is 13.6. The Morgan fingerprint density at radius 3 is 2.68 bits per heavy atom. The lowest BCUT2D eigenvalue weighted by Crippen LogP contribution is -2.15. The summed E-state index contributed by atoms with van der Waals surface area (Å²) in [6, 6.07) is 5.27. The average molecular weight is 267 g/mol. The largest absolute Gasteiger partial charge is 0.491 e. The summed E-state index contributed by atoms with van der Waals surface area (Å²) in [5.74, 6) is 0.149. The van der Waals surface area contributed by atoms with Crippen molar-refractivity contribution in [2.45, 2.75) is 46.0 Å². The third-order valence-corrected chi connectivity index (χ3v) is 3.09. The van der Waals surface area contributed by atoms with Crippen LogP contribution in [0.15, 0.2) is 18.2 Å². The molecule has 1 N–H and O–H groups in total. The number of benzene rings is 1. The molecule has 0 amide bonds. The number of halogens is 1. The van der Waals surface area contributed by atoms with E-state index >= 15 is 0 Å². The quantitative estimate of drug-likeness (QED) is 0.645. The fourth-order valence-electron chi connectivity index (χ4n) is 1.92. The first-order valence-electron chi connectivity index (χ1n) is 7.34. The molecule has 0 aliphatic heterocycles. The van der Waals surface area contributed by atoms with Crippen molar-refractivity contribution >= 4 is 0 Å². The Bertz CT molecular complexity index is 355. The summed E-state index contributed by atoms with van der Waals surface area (Å²) in [7, 11) is 0. The van der Waals surface area contributed by atoms with Gasteiger partial charge in [0.25, 0.3) is 0 Å². The third-order valence-electron chi connectivity index (χ3n) is 3.09. The van der Waals surface area contributed by atoms with Gasteiger partial charge in [0.1, 0.15) is 0 Å². The standard InChI is InChI=1S/C16H26FNO/c1-3-11-18-12-6-4-5-7-13-19-15-10-8-9-14(2)16(15)17/h8-10,18H,3-7,11-13H2,1-2H3. The molecule has 0 atom stereocenters. The summed E-state index contributed by atoms with van der Waals surface area (Å²) in [5, 5.41) is 3.38. The Balaban J connectivity index is 2.03. The number of nitrogens with one attached hydrogen (secondary N) is 1. The first kappa shape index (κ1) is 16.0. The smallest absolute Gasteiger partial charge is 0.167 e. The molecule has 0 fully saturated rings. The molecule has 1 aromatic rings. The predicted octanol–water partition coefficient (Wildman–Crippen LogP) is 4.07. The van der Waals surface area contributed by atoms with Crippen molar-refractivity contribution in [3.05, 3.63) is 29.6 Å². The van der Waals surface area contributed by atoms with Crippen LogP contribution in [0.5, 0.6) is 5.75 Å². The number of hydrogen-bond donors (Lipinski definition) is 1. The van der Waals surface area contributed by atoms with Crippen molar-refractivity contribution in [1.82, 2.24) is 5.32 Å². The highest BCUT2D eigenvalue weighted by Crippen LogP contribution is 2.19. The van der Waals surface area contributed by atoms with Crippen molar-refractivity contribution < 1.29 is 9.13 Å². The second-order valence-electron chi connectivity index (χ2n) is 4.90. The van der Waals surface area contributed by atoms with Gasteiger partial charge in [-0.25, -0.2) is 4.39 Å². The van der Waals surface area contributed by atoms with E-state index in [4.69, 9.17) is 4.74 Å². The Labute approximate surface area is 116 Å². The van der Waals surface area contributed by atoms with Crippen molar-refractivity contribution in [2.24, 2.45) is 0 Å². The molecule has 0 aromatic heterocycles. The lowest BCUT2D eigenvalue weighted by molar-refractivity contribution is 0.289. The summed E-state index contributed by atoms with van der Waals surface area (Å²) in [6.07, 6.45) is 5.73. The number of hydrogen-bond acceptors (Lipinski definition) is 2. The summed E-state index contributed by atoms with van der Waals surface area (Å²) in [4.78, 5) is 0. The zero-order chi connectivity index (χ0) is 13.9. The zero-order valence-electron chi connectivity index (χ0n) is 12.2. The van der Waals surface area contributed by atoms with Crippen LogP contribution in [0.4, 0.5) is 4.39 Å². The van der Waals surface area contributed by atoms with Gasteiger partial charge in [0.15, 0.2) is 11.6 Å². The minimum atomic E-state index is -0.230. The van der Waals surface area contributed by atoms with E-state index in [2.05, 4.69) is 12.2 Å². The maximum Gasteiger partial charge on any atom is 0.167 e. The number of aryl methyl sites for hydroxylation is 1. The normalized spacial score (nSPS) is 10.7. The number of ether oxygens (including phenoxy) is 1. The molecule has 0 radical (unpaired) electrons. The minimum Gasteiger partial charge on any atom is -0.491 e. The van der Waals surface area contributed by atoms with Gasteiger partial charge in [-0.15, -0.1) is 0 Å². The van der Waals surface area contributed by atoms with Crippen LogP contribution in [0, 0.1) is 12.7 Å². The molecule has 0 heterocycles. The van der Waals surface area contributed by atoms with E-state index in [0.29, 0.717) is 17.9 Å². The van der Waals surface area contributed by atoms with Crippen LogP contribution in [-0.2, 0) is 0 Å². The summed E-state index contributed by atoms with van der Waals surface area (Å²) in [6.45, 7) is 6.74. The Morgan fingerprint density at radius 1 is 1.11 bits per heavy atom. The molecule has 0 saturated heterocycles. The second-order valence-corrected chi connectivity index (χ2v) is 4.90. The highest BCUT2D eigenvalue weighted by molar-refractivity contribution is 5.29. The van der Waals surface area contributed by atoms with E-state index in [9.17, 15) is 4.39 Å². The summed E-state index contributed by atoms with van der Waals surface area (Å²) >= 11 is 0. The van der Waals surface area contributed by atoms with E-state index < -0.39 is 0 Å². The first-order chi connectivity index (χ1) is 9.25. The highest BCUT2D eigenvalue weighted by Gasteiger charge is 2.04. The molecule has 0 aliphatic carbocycles. The molecule has 0 saturated carbocycles. The molecule has 0 bridgehead atoms. The van der Waals surface area contributed by atoms with Gasteiger partial charge in [0.05, 0.1) is 6.61 Å². The monoisotopic (exact) mass is 267 g/mol. The number of unbranched alkanes of at least 4 members (excludes halogenated alkanes) is 3. The third kappa shape index (κ3) is 6.58. The molecule has 0 spiro atoms. The van der Waals surface area contributed by atoms with Crippen molar-refractivity contribution in [1.29, 1.82) is 0 Å². The van der Waals surface area contributed by atoms with Gasteiger partial charge in [-0.3, -0.25) is 0 Å². The van der Waals surface area contributed by atoms with Crippen LogP contribution in [-0.4, -0.2) is 19.7 Å². The van der Waals surface area contributed by atoms with Crippen molar-refractivity contribution in [2.75, 3.05) is 19.7 Å². The van der Waals surface area contributed by atoms with Gasteiger partial charge >= 0.3 is 0 Å². The Hall–Kier alpha value is -1.09. The fraction of sp³-hybridized carbons (Fsp3) is 0.625. The van der Waals surface area contributed by atoms with Crippen LogP contribution in [0.3, 0.4) is 0 Å².